The number of nitrogens with one attached hydrogen (secondary N) is 1. The molecule has 2 rings (SSSR count). The van der Waals surface area contributed by atoms with Crippen molar-refractivity contribution in [3.8, 4) is 0 Å². The van der Waals surface area contributed by atoms with E-state index < -0.39 is 5.41 Å². The monoisotopic (exact) mass is 297 g/mol. The van der Waals surface area contributed by atoms with Crippen LogP contribution in [-0.4, -0.2) is 42.0 Å². The van der Waals surface area contributed by atoms with Gasteiger partial charge in [-0.05, 0) is 32.7 Å². The van der Waals surface area contributed by atoms with Crippen LogP contribution in [0.2, 0.25) is 0 Å². The van der Waals surface area contributed by atoms with Crippen LogP contribution in [0.5, 0.6) is 0 Å². The van der Waals surface area contributed by atoms with Crippen LogP contribution < -0.4 is 11.1 Å². The highest BCUT2D eigenvalue weighted by atomic mass is 32.1. The van der Waals surface area contributed by atoms with Crippen LogP contribution in [0.25, 0.3) is 0 Å². The lowest BCUT2D eigenvalue weighted by atomic mass is 9.79. The second kappa shape index (κ2) is 6.85. The fourth-order valence-corrected chi connectivity index (χ4v) is 3.43. The molecule has 0 unspecified atom stereocenters. The molecule has 114 valence electrons. The average molecular weight is 297 g/mol. The molecule has 0 spiro atoms. The molecule has 20 heavy (non-hydrogen) atoms. The second-order valence-corrected chi connectivity index (χ2v) is 6.77. The molecule has 1 amide bonds. The maximum absolute atomic E-state index is 12.6. The summed E-state index contributed by atoms with van der Waals surface area (Å²) in [5.41, 5.74) is 5.33. The van der Waals surface area contributed by atoms with Crippen molar-refractivity contribution in [2.24, 2.45) is 11.1 Å². The molecule has 2 fully saturated rings. The Morgan fingerprint density at radius 1 is 1.30 bits per heavy atom. The third-order valence-electron chi connectivity index (χ3n) is 4.78. The first-order valence-electron chi connectivity index (χ1n) is 7.85. The Morgan fingerprint density at radius 2 is 1.90 bits per heavy atom. The lowest BCUT2D eigenvalue weighted by molar-refractivity contribution is -0.128. The molecule has 4 nitrogen and oxygen atoms in total. The molecule has 0 bridgehead atoms. The molecule has 5 heteroatoms. The summed E-state index contributed by atoms with van der Waals surface area (Å²) in [6.45, 7) is 1.60. The normalized spacial score (nSPS) is 22.3. The standard InChI is InChI=1S/C15H27N3OS/c1-18(12-6-7-12)11-10-17-14(19)15(13(16)20)8-4-2-3-5-9-15/h12H,2-11H2,1H3,(H2,16,20)(H,17,19). The third kappa shape index (κ3) is 3.70. The van der Waals surface area contributed by atoms with E-state index in [4.69, 9.17) is 18.0 Å². The van der Waals surface area contributed by atoms with Gasteiger partial charge in [0.2, 0.25) is 5.91 Å². The summed E-state index contributed by atoms with van der Waals surface area (Å²) in [5.74, 6) is 0.0519. The van der Waals surface area contributed by atoms with Crippen LogP contribution in [0.15, 0.2) is 0 Å². The minimum Gasteiger partial charge on any atom is -0.392 e. The Bertz CT molecular complexity index is 360. The molecular weight excluding hydrogens is 270 g/mol. The van der Waals surface area contributed by atoms with Crippen molar-refractivity contribution in [1.82, 2.24) is 10.2 Å². The first kappa shape index (κ1) is 15.7. The van der Waals surface area contributed by atoms with E-state index in [1.165, 1.54) is 25.7 Å². The molecule has 0 heterocycles. The topological polar surface area (TPSA) is 58.4 Å². The molecule has 2 aliphatic rings. The third-order valence-corrected chi connectivity index (χ3v) is 5.17. The Labute approximate surface area is 127 Å². The van der Waals surface area contributed by atoms with Gasteiger partial charge in [-0.15, -0.1) is 0 Å². The van der Waals surface area contributed by atoms with Gasteiger partial charge < -0.3 is 16.0 Å². The summed E-state index contributed by atoms with van der Waals surface area (Å²) >= 11 is 5.22. The van der Waals surface area contributed by atoms with E-state index in [2.05, 4.69) is 17.3 Å². The van der Waals surface area contributed by atoms with E-state index in [9.17, 15) is 4.79 Å². The van der Waals surface area contributed by atoms with Crippen molar-refractivity contribution in [3.63, 3.8) is 0 Å². The molecule has 2 saturated carbocycles. The highest BCUT2D eigenvalue weighted by Gasteiger charge is 2.41. The largest absolute Gasteiger partial charge is 0.392 e. The smallest absolute Gasteiger partial charge is 0.233 e. The summed E-state index contributed by atoms with van der Waals surface area (Å²) in [6.07, 6.45) is 8.67. The fourth-order valence-electron chi connectivity index (χ4n) is 3.13. The number of likely N-dealkylation sites (N-methyl/N-ethyl adjacent to an activating group) is 1. The van der Waals surface area contributed by atoms with Gasteiger partial charge in [-0.2, -0.15) is 0 Å². The van der Waals surface area contributed by atoms with Gasteiger partial charge in [0, 0.05) is 19.1 Å². The van der Waals surface area contributed by atoms with Gasteiger partial charge >= 0.3 is 0 Å². The van der Waals surface area contributed by atoms with Gasteiger partial charge in [-0.25, -0.2) is 0 Å². The van der Waals surface area contributed by atoms with E-state index in [0.717, 1.165) is 38.3 Å². The molecule has 0 aromatic rings. The van der Waals surface area contributed by atoms with Gasteiger partial charge in [-0.1, -0.05) is 37.9 Å². The highest BCUT2D eigenvalue weighted by molar-refractivity contribution is 7.80. The minimum absolute atomic E-state index is 0.0519. The highest BCUT2D eigenvalue weighted by Crippen LogP contribution is 2.35. The molecule has 0 atom stereocenters. The summed E-state index contributed by atoms with van der Waals surface area (Å²) in [7, 11) is 2.12. The number of amides is 1. The van der Waals surface area contributed by atoms with Crippen LogP contribution in [0.3, 0.4) is 0 Å². The molecule has 2 aliphatic carbocycles. The van der Waals surface area contributed by atoms with E-state index >= 15 is 0 Å². The second-order valence-electron chi connectivity index (χ2n) is 6.33. The van der Waals surface area contributed by atoms with Gasteiger partial charge in [0.1, 0.15) is 0 Å². The number of nitrogens with two attached hydrogens (primary N) is 1. The first-order chi connectivity index (χ1) is 9.56. The lowest BCUT2D eigenvalue weighted by Gasteiger charge is -2.30. The predicted molar refractivity (Wildman–Crippen MR) is 85.6 cm³/mol. The minimum atomic E-state index is -0.593. The van der Waals surface area contributed by atoms with Crippen molar-refractivity contribution < 1.29 is 4.79 Å². The summed E-state index contributed by atoms with van der Waals surface area (Å²) in [4.78, 5) is 15.3. The molecular formula is C15H27N3OS. The van der Waals surface area contributed by atoms with Gasteiger partial charge in [-0.3, -0.25) is 4.79 Å². The zero-order valence-electron chi connectivity index (χ0n) is 12.5. The summed E-state index contributed by atoms with van der Waals surface area (Å²) < 4.78 is 0. The summed E-state index contributed by atoms with van der Waals surface area (Å²) in [5, 5.41) is 3.07. The molecule has 0 radical (unpaired) electrons. The number of thiocarbonyl (C=S) groups is 1. The maximum Gasteiger partial charge on any atom is 0.233 e. The molecule has 3 N–H and O–H groups in total. The van der Waals surface area contributed by atoms with Crippen LogP contribution >= 0.6 is 12.2 Å². The van der Waals surface area contributed by atoms with Crippen molar-refractivity contribution in [3.05, 3.63) is 0 Å². The van der Waals surface area contributed by atoms with Crippen LogP contribution in [0, 0.1) is 5.41 Å². The van der Waals surface area contributed by atoms with Gasteiger partial charge in [0.05, 0.1) is 10.4 Å². The number of hydrogen-bond acceptors (Lipinski definition) is 3. The quantitative estimate of drug-likeness (QED) is 0.580. The lowest BCUT2D eigenvalue weighted by Crippen LogP contribution is -2.50. The number of nitrogens with zero attached hydrogens (tertiary/aromatic N) is 1. The Hall–Kier alpha value is -0.680. The first-order valence-corrected chi connectivity index (χ1v) is 8.25. The average Bonchev–Trinajstić information content (AvgIpc) is 3.25. The van der Waals surface area contributed by atoms with Crippen LogP contribution in [0.1, 0.15) is 51.4 Å². The van der Waals surface area contributed by atoms with Crippen molar-refractivity contribution in [2.75, 3.05) is 20.1 Å². The Balaban J connectivity index is 1.87. The Morgan fingerprint density at radius 3 is 2.40 bits per heavy atom. The van der Waals surface area contributed by atoms with Crippen molar-refractivity contribution >= 4 is 23.1 Å². The summed E-state index contributed by atoms with van der Waals surface area (Å²) in [6, 6.07) is 0.731. The van der Waals surface area contributed by atoms with E-state index in [1.807, 2.05) is 0 Å². The zero-order chi connectivity index (χ0) is 14.6. The number of hydrogen-bond donors (Lipinski definition) is 2. The maximum atomic E-state index is 12.6. The van der Waals surface area contributed by atoms with Crippen LogP contribution in [0.4, 0.5) is 0 Å². The Kier molecular flexibility index (Phi) is 5.38. The zero-order valence-corrected chi connectivity index (χ0v) is 13.3. The van der Waals surface area contributed by atoms with Crippen molar-refractivity contribution in [1.29, 1.82) is 0 Å². The van der Waals surface area contributed by atoms with Gasteiger partial charge in [0.25, 0.3) is 0 Å². The molecule has 0 aliphatic heterocycles. The van der Waals surface area contributed by atoms with E-state index in [-0.39, 0.29) is 5.91 Å². The number of rotatable bonds is 6. The van der Waals surface area contributed by atoms with Crippen molar-refractivity contribution in [2.45, 2.75) is 57.4 Å². The number of carbonyl (C=O) groups excluding carboxylic acids is 1. The molecule has 0 aromatic heterocycles. The van der Waals surface area contributed by atoms with Gasteiger partial charge in [0.15, 0.2) is 0 Å². The van der Waals surface area contributed by atoms with Crippen LogP contribution in [-0.2, 0) is 4.79 Å². The van der Waals surface area contributed by atoms with E-state index in [1.54, 1.807) is 0 Å². The van der Waals surface area contributed by atoms with E-state index in [0.29, 0.717) is 11.5 Å². The molecule has 0 aromatic carbocycles. The molecule has 0 saturated heterocycles. The number of carbonyl (C=O) groups is 1. The fraction of sp³-hybridized carbons (Fsp3) is 0.867. The SMILES string of the molecule is CN(CCNC(=O)C1(C(N)=S)CCCCCC1)C1CC1. The predicted octanol–water partition coefficient (Wildman–Crippen LogP) is 1.82.